The fourth-order valence-corrected chi connectivity index (χ4v) is 11.3. The summed E-state index contributed by atoms with van der Waals surface area (Å²) in [5, 5.41) is 3.03. The summed E-state index contributed by atoms with van der Waals surface area (Å²) in [7, 11) is 0. The molecule has 64 heavy (non-hydrogen) atoms. The molecule has 11 nitrogen and oxygen atoms in total. The number of carbonyl (C=O) groups excluding carboxylic acids is 1. The lowest BCUT2D eigenvalue weighted by Gasteiger charge is -2.59. The summed E-state index contributed by atoms with van der Waals surface area (Å²) >= 11 is 1.90. The molecule has 0 radical (unpaired) electrons. The molecule has 2 aliphatic carbocycles. The third-order valence-corrected chi connectivity index (χ3v) is 13.7. The number of halogens is 6. The smallest absolute Gasteiger partial charge is 0.387 e. The number of thioether (sulfide) groups is 1. The van der Waals surface area contributed by atoms with Gasteiger partial charge in [-0.25, -0.2) is 18.7 Å². The number of alkyl halides is 4. The van der Waals surface area contributed by atoms with E-state index in [1.807, 2.05) is 38.6 Å². The van der Waals surface area contributed by atoms with Gasteiger partial charge in [0.15, 0.2) is 11.5 Å². The molecule has 2 spiro atoms. The number of imidazole rings is 2. The van der Waals surface area contributed by atoms with E-state index in [2.05, 4.69) is 68.8 Å². The van der Waals surface area contributed by atoms with Crippen LogP contribution in [0.5, 0.6) is 11.5 Å². The monoisotopic (exact) mass is 915 g/mol. The Morgan fingerprint density at radius 2 is 1.28 bits per heavy atom. The predicted octanol–water partition coefficient (Wildman–Crippen LogP) is 8.84. The average Bonchev–Trinajstić information content (AvgIpc) is 3.78. The highest BCUT2D eigenvalue weighted by Gasteiger charge is 2.53. The quantitative estimate of drug-likeness (QED) is 0.0699. The maximum Gasteiger partial charge on any atom is 0.387 e. The van der Waals surface area contributed by atoms with Gasteiger partial charge >= 0.3 is 13.2 Å². The number of amides is 1. The van der Waals surface area contributed by atoms with Crippen LogP contribution >= 0.6 is 11.8 Å². The zero-order valence-electron chi connectivity index (χ0n) is 36.2. The molecule has 2 aromatic heterocycles. The van der Waals surface area contributed by atoms with Gasteiger partial charge in [0.25, 0.3) is 0 Å². The fraction of sp³-hybridized carbons (Fsp3) is 0.543. The third-order valence-electron chi connectivity index (χ3n) is 12.7. The van der Waals surface area contributed by atoms with Gasteiger partial charge in [-0.3, -0.25) is 9.69 Å². The van der Waals surface area contributed by atoms with Gasteiger partial charge in [-0.1, -0.05) is 32.0 Å². The number of benzene rings is 3. The van der Waals surface area contributed by atoms with Crippen molar-refractivity contribution >= 4 is 39.7 Å². The van der Waals surface area contributed by atoms with Crippen molar-refractivity contribution in [3.05, 3.63) is 77.9 Å². The molecule has 5 fully saturated rings. The molecular formula is C46H55F6N7O4S. The molecule has 5 aliphatic rings. The molecule has 3 N–H and O–H groups in total. The largest absolute Gasteiger partial charge is 0.432 e. The van der Waals surface area contributed by atoms with E-state index in [9.17, 15) is 31.1 Å². The number of rotatable bonds is 15. The van der Waals surface area contributed by atoms with E-state index in [0.29, 0.717) is 66.1 Å². The molecular weight excluding hydrogens is 861 g/mol. The molecule has 1 amide bonds. The molecule has 0 bridgehead atoms. The lowest BCUT2D eigenvalue weighted by Crippen LogP contribution is -2.66. The van der Waals surface area contributed by atoms with Crippen LogP contribution in [0.3, 0.4) is 0 Å². The van der Waals surface area contributed by atoms with Crippen molar-refractivity contribution in [1.82, 2.24) is 35.1 Å². The second-order valence-corrected chi connectivity index (χ2v) is 19.5. The maximum atomic E-state index is 13.7. The minimum atomic E-state index is -3.04. The van der Waals surface area contributed by atoms with Crippen LogP contribution in [0.2, 0.25) is 0 Å². The molecule has 0 unspecified atom stereocenters. The first-order valence-electron chi connectivity index (χ1n) is 22.0. The number of likely N-dealkylation sites (tertiary alicyclic amines) is 2. The summed E-state index contributed by atoms with van der Waals surface area (Å²) in [6.45, 7) is 6.68. The van der Waals surface area contributed by atoms with Crippen molar-refractivity contribution in [1.29, 1.82) is 0 Å². The van der Waals surface area contributed by atoms with Crippen LogP contribution in [-0.4, -0.2) is 113 Å². The van der Waals surface area contributed by atoms with Gasteiger partial charge < -0.3 is 34.4 Å². The molecule has 5 heterocycles. The standard InChI is InChI=1S/C23H24F3N3OS.C21H25F3N4O3.C2H6/c24-16-9-18-21(19(10-16)30-22(25)26)28-20(27-18)8-15-11-23(12-15)13-29(14-23)6-7-31-17-4-2-1-3-5-17;1-20(10-30-11-20)27-17(29)7-28-8-21(9-28)5-12(6-21)2-16-25-14-3-13(22)4-15(18(14)26-16)31-19(23)24;1-2/h1-5,9-10,15,22H,6-8,11-14H2,(H,27,28);3-4,12,19H,2,5-11H2,1H3,(H,25,26)(H,27,29);1-2H3. The van der Waals surface area contributed by atoms with Gasteiger partial charge in [0, 0.05) is 68.3 Å². The molecule has 0 atom stereocenters. The third kappa shape index (κ3) is 10.8. The van der Waals surface area contributed by atoms with Crippen molar-refractivity contribution in [2.24, 2.45) is 22.7 Å². The summed E-state index contributed by atoms with van der Waals surface area (Å²) in [6.07, 6.45) is 5.79. The molecule has 346 valence electrons. The number of aromatic amines is 2. The minimum absolute atomic E-state index is 0.0350. The Labute approximate surface area is 372 Å². The van der Waals surface area contributed by atoms with Crippen LogP contribution in [0.4, 0.5) is 26.3 Å². The molecule has 3 aliphatic heterocycles. The highest BCUT2D eigenvalue weighted by atomic mass is 32.2. The van der Waals surface area contributed by atoms with E-state index in [1.54, 1.807) is 0 Å². The number of hydrogen-bond donors (Lipinski definition) is 3. The molecule has 18 heteroatoms. The number of nitrogens with one attached hydrogen (secondary N) is 3. The van der Waals surface area contributed by atoms with Crippen molar-refractivity contribution in [3.8, 4) is 11.5 Å². The number of aromatic nitrogens is 4. The Bertz CT molecular complexity index is 2370. The molecule has 2 saturated carbocycles. The lowest BCUT2D eigenvalue weighted by molar-refractivity contribution is -0.140. The van der Waals surface area contributed by atoms with E-state index < -0.39 is 24.9 Å². The second-order valence-electron chi connectivity index (χ2n) is 18.3. The van der Waals surface area contributed by atoms with Crippen LogP contribution in [0.15, 0.2) is 59.5 Å². The van der Waals surface area contributed by atoms with Gasteiger partial charge in [-0.05, 0) is 79.5 Å². The van der Waals surface area contributed by atoms with Crippen molar-refractivity contribution < 1.29 is 45.3 Å². The van der Waals surface area contributed by atoms with Crippen LogP contribution in [0.25, 0.3) is 22.1 Å². The molecule has 10 rings (SSSR count). The van der Waals surface area contributed by atoms with Gasteiger partial charge in [-0.2, -0.15) is 17.6 Å². The van der Waals surface area contributed by atoms with Crippen LogP contribution in [0.1, 0.15) is 58.1 Å². The number of H-pyrrole nitrogens is 2. The van der Waals surface area contributed by atoms with Crippen LogP contribution < -0.4 is 14.8 Å². The summed E-state index contributed by atoms with van der Waals surface area (Å²) in [5.41, 5.74) is 1.70. The highest BCUT2D eigenvalue weighted by Crippen LogP contribution is 2.54. The van der Waals surface area contributed by atoms with Gasteiger partial charge in [0.1, 0.15) is 34.3 Å². The number of fused-ring (bicyclic) bond motifs is 2. The zero-order chi connectivity index (χ0) is 45.2. The fourth-order valence-electron chi connectivity index (χ4n) is 10.4. The Morgan fingerprint density at radius 3 is 1.73 bits per heavy atom. The van der Waals surface area contributed by atoms with E-state index >= 15 is 0 Å². The van der Waals surface area contributed by atoms with E-state index in [-0.39, 0.29) is 39.4 Å². The highest BCUT2D eigenvalue weighted by molar-refractivity contribution is 7.99. The summed E-state index contributed by atoms with van der Waals surface area (Å²) in [5.74, 6) is 1.67. The number of hydrogen-bond acceptors (Lipinski definition) is 9. The lowest BCUT2D eigenvalue weighted by atomic mass is 9.57. The molecule has 5 aromatic rings. The summed E-state index contributed by atoms with van der Waals surface area (Å²) < 4.78 is 91.8. The normalized spacial score (nSPS) is 20.6. The topological polar surface area (TPSA) is 121 Å². The Hall–Kier alpha value is -4.52. The summed E-state index contributed by atoms with van der Waals surface area (Å²) in [6, 6.07) is 14.9. The number of ether oxygens (including phenoxy) is 3. The Balaban J connectivity index is 0.000000169. The number of carbonyl (C=O) groups is 1. The maximum absolute atomic E-state index is 13.7. The van der Waals surface area contributed by atoms with E-state index in [0.717, 1.165) is 82.7 Å². The van der Waals surface area contributed by atoms with E-state index in [1.165, 1.54) is 17.0 Å². The first-order chi connectivity index (χ1) is 30.7. The van der Waals surface area contributed by atoms with Crippen molar-refractivity contribution in [2.75, 3.05) is 58.2 Å². The molecule has 3 aromatic carbocycles. The molecule has 3 saturated heterocycles. The predicted molar refractivity (Wildman–Crippen MR) is 232 cm³/mol. The van der Waals surface area contributed by atoms with Gasteiger partial charge in [0.2, 0.25) is 5.91 Å². The Morgan fingerprint density at radius 1 is 0.797 bits per heavy atom. The van der Waals surface area contributed by atoms with E-state index in [4.69, 9.17) is 4.74 Å². The van der Waals surface area contributed by atoms with Crippen LogP contribution in [-0.2, 0) is 22.4 Å². The second kappa shape index (κ2) is 19.1. The first kappa shape index (κ1) is 46.0. The number of nitrogens with zero attached hydrogens (tertiary/aromatic N) is 4. The van der Waals surface area contributed by atoms with Crippen molar-refractivity contribution in [2.45, 2.75) is 83.0 Å². The SMILES string of the molecule is CC.CC1(NC(=O)CN2CC3(CC(Cc4nc5c(OC(F)F)cc(F)cc5[nH]4)C3)C2)COC1.Fc1cc(OC(F)F)c2nc(CC3CC4(C3)CN(CCSc3ccccc3)C4)[nH]c2c1. The Kier molecular flexibility index (Phi) is 13.8. The van der Waals surface area contributed by atoms with Gasteiger partial charge in [-0.15, -0.1) is 11.8 Å². The summed E-state index contributed by atoms with van der Waals surface area (Å²) in [4.78, 5) is 33.1. The first-order valence-corrected chi connectivity index (χ1v) is 22.9. The van der Waals surface area contributed by atoms with Crippen molar-refractivity contribution in [3.63, 3.8) is 0 Å². The average molecular weight is 916 g/mol. The van der Waals surface area contributed by atoms with Crippen LogP contribution in [0, 0.1) is 34.3 Å². The van der Waals surface area contributed by atoms with Gasteiger partial charge in [0.05, 0.1) is 36.3 Å². The zero-order valence-corrected chi connectivity index (χ0v) is 37.0. The minimum Gasteiger partial charge on any atom is -0.432 e.